The molecule has 1 aliphatic rings. The summed E-state index contributed by atoms with van der Waals surface area (Å²) in [4.78, 5) is 50.8. The fourth-order valence-corrected chi connectivity index (χ4v) is 3.10. The van der Waals surface area contributed by atoms with Gasteiger partial charge >= 0.3 is 0 Å². The summed E-state index contributed by atoms with van der Waals surface area (Å²) in [7, 11) is 1.49. The Morgan fingerprint density at radius 1 is 1.25 bits per heavy atom. The summed E-state index contributed by atoms with van der Waals surface area (Å²) in [6.45, 7) is 1.47. The number of amides is 1. The van der Waals surface area contributed by atoms with E-state index >= 15 is 0 Å². The van der Waals surface area contributed by atoms with Crippen molar-refractivity contribution in [2.24, 2.45) is 5.92 Å². The molecule has 28 heavy (non-hydrogen) atoms. The van der Waals surface area contributed by atoms with Crippen molar-refractivity contribution >= 4 is 34.5 Å². The molecule has 0 bridgehead atoms. The summed E-state index contributed by atoms with van der Waals surface area (Å²) in [5, 5.41) is 9.75. The number of carbonyl (C=O) groups excluding carboxylic acids is 3. The van der Waals surface area contributed by atoms with Crippen LogP contribution in [-0.2, 0) is 20.9 Å². The van der Waals surface area contributed by atoms with Crippen LogP contribution in [-0.4, -0.2) is 34.0 Å². The van der Waals surface area contributed by atoms with Gasteiger partial charge < -0.3 is 4.90 Å². The van der Waals surface area contributed by atoms with Crippen LogP contribution in [0.4, 0.5) is 0 Å². The van der Waals surface area contributed by atoms with E-state index in [4.69, 9.17) is 5.26 Å². The lowest BCUT2D eigenvalue weighted by Gasteiger charge is -2.25. The van der Waals surface area contributed by atoms with Gasteiger partial charge in [-0.05, 0) is 36.6 Å². The SMILES string of the molecule is CC1=CC(=O)C(C(=O)/C=C/c2cc3ccccc3n(CC#N)c2=O)C(=O)N1C. The van der Waals surface area contributed by atoms with Gasteiger partial charge in [-0.3, -0.25) is 23.7 Å². The average Bonchev–Trinajstić information content (AvgIpc) is 2.67. The second kappa shape index (κ2) is 7.45. The van der Waals surface area contributed by atoms with Crippen LogP contribution in [0.3, 0.4) is 0 Å². The van der Waals surface area contributed by atoms with E-state index in [9.17, 15) is 19.2 Å². The third kappa shape index (κ3) is 3.28. The number of carbonyl (C=O) groups is 3. The Morgan fingerprint density at radius 2 is 1.96 bits per heavy atom. The van der Waals surface area contributed by atoms with Crippen LogP contribution < -0.4 is 5.56 Å². The predicted octanol–water partition coefficient (Wildman–Crippen LogP) is 1.67. The van der Waals surface area contributed by atoms with Gasteiger partial charge in [-0.1, -0.05) is 18.2 Å². The standard InChI is InChI=1S/C21H17N3O4/c1-13-11-18(26)19(21(28)23(13)2)17(25)8-7-15-12-14-5-3-4-6-16(14)24(10-9-22)20(15)27/h3-8,11-12,19H,10H2,1-2H3/b8-7+. The molecule has 7 heteroatoms. The van der Waals surface area contributed by atoms with Gasteiger partial charge in [-0.2, -0.15) is 5.26 Å². The Kier molecular flexibility index (Phi) is 5.05. The van der Waals surface area contributed by atoms with Gasteiger partial charge in [-0.15, -0.1) is 0 Å². The molecule has 0 aliphatic carbocycles. The Bertz CT molecular complexity index is 1160. The van der Waals surface area contributed by atoms with Gasteiger partial charge in [0.25, 0.3) is 5.56 Å². The van der Waals surface area contributed by atoms with Gasteiger partial charge in [0.05, 0.1) is 11.6 Å². The van der Waals surface area contributed by atoms with Gasteiger partial charge in [0.15, 0.2) is 17.5 Å². The van der Waals surface area contributed by atoms with E-state index in [-0.39, 0.29) is 12.1 Å². The van der Waals surface area contributed by atoms with Crippen molar-refractivity contribution in [1.82, 2.24) is 9.47 Å². The minimum atomic E-state index is -1.44. The summed E-state index contributed by atoms with van der Waals surface area (Å²) < 4.78 is 1.32. The van der Waals surface area contributed by atoms with Crippen molar-refractivity contribution in [2.75, 3.05) is 7.05 Å². The fraction of sp³-hybridized carbons (Fsp3) is 0.190. The number of hydrogen-bond acceptors (Lipinski definition) is 5. The molecular weight excluding hydrogens is 358 g/mol. The highest BCUT2D eigenvalue weighted by Gasteiger charge is 2.37. The van der Waals surface area contributed by atoms with Crippen molar-refractivity contribution in [2.45, 2.75) is 13.5 Å². The second-order valence-electron chi connectivity index (χ2n) is 6.46. The van der Waals surface area contributed by atoms with E-state index in [1.807, 2.05) is 6.07 Å². The zero-order valence-electron chi connectivity index (χ0n) is 15.4. The topological polar surface area (TPSA) is 100 Å². The minimum Gasteiger partial charge on any atom is -0.318 e. The van der Waals surface area contributed by atoms with Crippen LogP contribution >= 0.6 is 0 Å². The number of pyridine rings is 1. The van der Waals surface area contributed by atoms with Crippen molar-refractivity contribution in [3.05, 3.63) is 64.1 Å². The maximum absolute atomic E-state index is 12.7. The van der Waals surface area contributed by atoms with Gasteiger partial charge in [0, 0.05) is 24.4 Å². The summed E-state index contributed by atoms with van der Waals surface area (Å²) in [5.41, 5.74) is 0.839. The van der Waals surface area contributed by atoms with Crippen LogP contribution in [0.2, 0.25) is 0 Å². The van der Waals surface area contributed by atoms with Crippen molar-refractivity contribution in [1.29, 1.82) is 5.26 Å². The zero-order chi connectivity index (χ0) is 20.4. The maximum atomic E-state index is 12.7. The van der Waals surface area contributed by atoms with Crippen molar-refractivity contribution < 1.29 is 14.4 Å². The minimum absolute atomic E-state index is 0.135. The molecule has 2 heterocycles. The van der Waals surface area contributed by atoms with Crippen molar-refractivity contribution in [3.8, 4) is 6.07 Å². The number of nitrogens with zero attached hydrogens (tertiary/aromatic N) is 3. The molecule has 7 nitrogen and oxygen atoms in total. The van der Waals surface area contributed by atoms with E-state index in [2.05, 4.69) is 0 Å². The summed E-state index contributed by atoms with van der Waals surface area (Å²) >= 11 is 0. The van der Waals surface area contributed by atoms with E-state index in [1.54, 1.807) is 37.3 Å². The molecule has 1 aromatic carbocycles. The molecule has 1 atom stereocenters. The molecule has 0 saturated carbocycles. The molecule has 0 radical (unpaired) electrons. The predicted molar refractivity (Wildman–Crippen MR) is 103 cm³/mol. The maximum Gasteiger partial charge on any atom is 0.259 e. The van der Waals surface area contributed by atoms with Crippen LogP contribution in [0.25, 0.3) is 17.0 Å². The fourth-order valence-electron chi connectivity index (χ4n) is 3.10. The normalized spacial score (nSPS) is 17.1. The van der Waals surface area contributed by atoms with Crippen LogP contribution in [0, 0.1) is 17.2 Å². The number of para-hydroxylation sites is 1. The van der Waals surface area contributed by atoms with E-state index < -0.39 is 29.0 Å². The third-order valence-electron chi connectivity index (χ3n) is 4.71. The lowest BCUT2D eigenvalue weighted by atomic mass is 9.92. The number of allylic oxidation sites excluding steroid dienone is 3. The molecule has 0 saturated heterocycles. The first-order valence-electron chi connectivity index (χ1n) is 8.56. The zero-order valence-corrected chi connectivity index (χ0v) is 15.4. The van der Waals surface area contributed by atoms with E-state index in [0.29, 0.717) is 11.2 Å². The molecule has 1 amide bonds. The largest absolute Gasteiger partial charge is 0.318 e. The number of hydrogen-bond donors (Lipinski definition) is 0. The summed E-state index contributed by atoms with van der Waals surface area (Å²) in [6.07, 6.45) is 3.62. The van der Waals surface area contributed by atoms with Gasteiger partial charge in [0.1, 0.15) is 6.54 Å². The molecule has 140 valence electrons. The quantitative estimate of drug-likeness (QED) is 0.598. The number of ketones is 2. The Morgan fingerprint density at radius 3 is 2.68 bits per heavy atom. The smallest absolute Gasteiger partial charge is 0.259 e. The van der Waals surface area contributed by atoms with Gasteiger partial charge in [-0.25, -0.2) is 0 Å². The Labute approximate surface area is 160 Å². The number of rotatable bonds is 4. The van der Waals surface area contributed by atoms with E-state index in [0.717, 1.165) is 11.5 Å². The van der Waals surface area contributed by atoms with Crippen LogP contribution in [0.15, 0.2) is 53.0 Å². The van der Waals surface area contributed by atoms with Crippen LogP contribution in [0.1, 0.15) is 12.5 Å². The van der Waals surface area contributed by atoms with Gasteiger partial charge in [0.2, 0.25) is 5.91 Å². The Hall–Kier alpha value is -3.79. The first-order chi connectivity index (χ1) is 13.3. The summed E-state index contributed by atoms with van der Waals surface area (Å²) in [6, 6.07) is 10.6. The lowest BCUT2D eigenvalue weighted by Crippen LogP contribution is -2.43. The first kappa shape index (κ1) is 19.0. The molecule has 1 aliphatic heterocycles. The molecular formula is C21H17N3O4. The lowest BCUT2D eigenvalue weighted by molar-refractivity contribution is -0.142. The first-order valence-corrected chi connectivity index (χ1v) is 8.56. The molecule has 3 rings (SSSR count). The van der Waals surface area contributed by atoms with Crippen molar-refractivity contribution in [3.63, 3.8) is 0 Å². The molecule has 2 aromatic rings. The highest BCUT2D eigenvalue weighted by atomic mass is 16.2. The number of benzene rings is 1. The molecule has 0 N–H and O–H groups in total. The molecule has 1 aromatic heterocycles. The number of nitriles is 1. The van der Waals surface area contributed by atoms with Crippen LogP contribution in [0.5, 0.6) is 0 Å². The van der Waals surface area contributed by atoms with E-state index in [1.165, 1.54) is 28.7 Å². The average molecular weight is 375 g/mol. The number of fused-ring (bicyclic) bond motifs is 1. The highest BCUT2D eigenvalue weighted by Crippen LogP contribution is 2.19. The molecule has 1 unspecified atom stereocenters. The monoisotopic (exact) mass is 375 g/mol. The number of aromatic nitrogens is 1. The molecule has 0 fully saturated rings. The molecule has 0 spiro atoms. The second-order valence-corrected chi connectivity index (χ2v) is 6.46. The Balaban J connectivity index is 2.00. The summed E-state index contributed by atoms with van der Waals surface area (Å²) in [5.74, 6) is -3.30. The third-order valence-corrected chi connectivity index (χ3v) is 4.71. The highest BCUT2D eigenvalue weighted by molar-refractivity contribution is 6.26.